The SMILES string of the molecule is c1ccc(C2CC2C2CCCC2)cc1. The minimum Gasteiger partial charge on any atom is -0.0622 e. The topological polar surface area (TPSA) is 0 Å². The highest BCUT2D eigenvalue weighted by molar-refractivity contribution is 5.26. The van der Waals surface area contributed by atoms with E-state index in [0.717, 1.165) is 17.8 Å². The molecule has 3 rings (SSSR count). The van der Waals surface area contributed by atoms with Crippen LogP contribution in [0.5, 0.6) is 0 Å². The van der Waals surface area contributed by atoms with E-state index in [2.05, 4.69) is 30.3 Å². The van der Waals surface area contributed by atoms with Crippen LogP contribution in [0.2, 0.25) is 0 Å². The standard InChI is InChI=1S/C14H18/c1-2-6-11(7-3-1)13-10-14(13)12-8-4-5-9-12/h1-3,6-7,12-14H,4-5,8-10H2. The molecule has 0 heterocycles. The minimum atomic E-state index is 0.916. The molecule has 0 saturated heterocycles. The lowest BCUT2D eigenvalue weighted by molar-refractivity contribution is 0.469. The molecule has 1 aromatic rings. The highest BCUT2D eigenvalue weighted by Gasteiger charge is 2.43. The van der Waals surface area contributed by atoms with E-state index in [1.165, 1.54) is 32.1 Å². The van der Waals surface area contributed by atoms with Crippen molar-refractivity contribution in [3.8, 4) is 0 Å². The summed E-state index contributed by atoms with van der Waals surface area (Å²) in [5.41, 5.74) is 1.59. The molecule has 0 heteroatoms. The molecule has 2 aliphatic rings. The Morgan fingerprint density at radius 2 is 1.64 bits per heavy atom. The molecule has 2 saturated carbocycles. The largest absolute Gasteiger partial charge is 0.0622 e. The van der Waals surface area contributed by atoms with Gasteiger partial charge in [-0.1, -0.05) is 56.0 Å². The van der Waals surface area contributed by atoms with Gasteiger partial charge in [-0.15, -0.1) is 0 Å². The first-order valence-corrected chi connectivity index (χ1v) is 6.00. The van der Waals surface area contributed by atoms with Gasteiger partial charge in [0.15, 0.2) is 0 Å². The summed E-state index contributed by atoms with van der Waals surface area (Å²) in [5, 5.41) is 0. The fourth-order valence-electron chi connectivity index (χ4n) is 3.20. The molecule has 0 nitrogen and oxygen atoms in total. The maximum Gasteiger partial charge on any atom is -0.0128 e. The molecular weight excluding hydrogens is 168 g/mol. The molecular formula is C14H18. The summed E-state index contributed by atoms with van der Waals surface area (Å²) >= 11 is 0. The Balaban J connectivity index is 1.68. The Kier molecular flexibility index (Phi) is 2.08. The van der Waals surface area contributed by atoms with Crippen molar-refractivity contribution >= 4 is 0 Å². The highest BCUT2D eigenvalue weighted by atomic mass is 14.5. The zero-order valence-electron chi connectivity index (χ0n) is 8.65. The summed E-state index contributed by atoms with van der Waals surface area (Å²) < 4.78 is 0. The minimum absolute atomic E-state index is 0.916. The Bertz CT molecular complexity index is 295. The van der Waals surface area contributed by atoms with Crippen molar-refractivity contribution in [2.75, 3.05) is 0 Å². The fourth-order valence-corrected chi connectivity index (χ4v) is 3.20. The van der Waals surface area contributed by atoms with E-state index in [1.807, 2.05) is 0 Å². The summed E-state index contributed by atoms with van der Waals surface area (Å²) in [7, 11) is 0. The van der Waals surface area contributed by atoms with E-state index >= 15 is 0 Å². The molecule has 74 valence electrons. The molecule has 2 fully saturated rings. The maximum absolute atomic E-state index is 2.31. The van der Waals surface area contributed by atoms with Crippen molar-refractivity contribution in [3.05, 3.63) is 35.9 Å². The van der Waals surface area contributed by atoms with Crippen molar-refractivity contribution in [3.63, 3.8) is 0 Å². The highest BCUT2D eigenvalue weighted by Crippen LogP contribution is 2.55. The smallest absolute Gasteiger partial charge is 0.0128 e. The van der Waals surface area contributed by atoms with E-state index in [9.17, 15) is 0 Å². The van der Waals surface area contributed by atoms with Crippen molar-refractivity contribution in [2.24, 2.45) is 11.8 Å². The van der Waals surface area contributed by atoms with Gasteiger partial charge in [0.1, 0.15) is 0 Å². The lowest BCUT2D eigenvalue weighted by Gasteiger charge is -2.07. The van der Waals surface area contributed by atoms with Gasteiger partial charge in [0.05, 0.1) is 0 Å². The second kappa shape index (κ2) is 3.42. The van der Waals surface area contributed by atoms with Crippen LogP contribution in [0.1, 0.15) is 43.6 Å². The number of hydrogen-bond acceptors (Lipinski definition) is 0. The summed E-state index contributed by atoms with van der Waals surface area (Å²) in [4.78, 5) is 0. The Labute approximate surface area is 86.3 Å². The molecule has 14 heavy (non-hydrogen) atoms. The van der Waals surface area contributed by atoms with Gasteiger partial charge in [-0.3, -0.25) is 0 Å². The Morgan fingerprint density at radius 3 is 2.36 bits per heavy atom. The number of benzene rings is 1. The molecule has 0 radical (unpaired) electrons. The van der Waals surface area contributed by atoms with Gasteiger partial charge in [0, 0.05) is 0 Å². The predicted octanol–water partition coefficient (Wildman–Crippen LogP) is 3.98. The monoisotopic (exact) mass is 186 g/mol. The first-order valence-electron chi connectivity index (χ1n) is 6.00. The summed E-state index contributed by atoms with van der Waals surface area (Å²) in [6.45, 7) is 0. The van der Waals surface area contributed by atoms with Crippen molar-refractivity contribution in [1.82, 2.24) is 0 Å². The van der Waals surface area contributed by atoms with Crippen LogP contribution in [0.25, 0.3) is 0 Å². The second-order valence-corrected chi connectivity index (χ2v) is 4.96. The normalized spacial score (nSPS) is 32.0. The molecule has 0 aromatic heterocycles. The van der Waals surface area contributed by atoms with Crippen molar-refractivity contribution in [2.45, 2.75) is 38.0 Å². The number of rotatable bonds is 2. The molecule has 0 N–H and O–H groups in total. The summed E-state index contributed by atoms with van der Waals surface area (Å²) in [6, 6.07) is 11.1. The zero-order valence-corrected chi connectivity index (χ0v) is 8.65. The van der Waals surface area contributed by atoms with Gasteiger partial charge in [-0.25, -0.2) is 0 Å². The van der Waals surface area contributed by atoms with Gasteiger partial charge in [0.25, 0.3) is 0 Å². The molecule has 1 aromatic carbocycles. The molecule has 2 aliphatic carbocycles. The summed E-state index contributed by atoms with van der Waals surface area (Å²) in [5.74, 6) is 3.03. The molecule has 2 unspecified atom stereocenters. The Morgan fingerprint density at radius 1 is 0.929 bits per heavy atom. The third-order valence-corrected chi connectivity index (χ3v) is 4.07. The van der Waals surface area contributed by atoms with Crippen LogP contribution in [0.4, 0.5) is 0 Å². The van der Waals surface area contributed by atoms with E-state index in [0.29, 0.717) is 0 Å². The van der Waals surface area contributed by atoms with Crippen LogP contribution in [-0.4, -0.2) is 0 Å². The van der Waals surface area contributed by atoms with E-state index < -0.39 is 0 Å². The zero-order chi connectivity index (χ0) is 9.38. The van der Waals surface area contributed by atoms with Gasteiger partial charge < -0.3 is 0 Å². The molecule has 0 amide bonds. The first kappa shape index (κ1) is 8.52. The predicted molar refractivity (Wildman–Crippen MR) is 59.2 cm³/mol. The lowest BCUT2D eigenvalue weighted by atomic mass is 9.98. The van der Waals surface area contributed by atoms with Crippen LogP contribution in [0.15, 0.2) is 30.3 Å². The van der Waals surface area contributed by atoms with Crippen LogP contribution < -0.4 is 0 Å². The van der Waals surface area contributed by atoms with Crippen molar-refractivity contribution < 1.29 is 0 Å². The fraction of sp³-hybridized carbons (Fsp3) is 0.571. The van der Waals surface area contributed by atoms with Crippen LogP contribution in [0, 0.1) is 11.8 Å². The van der Waals surface area contributed by atoms with E-state index in [4.69, 9.17) is 0 Å². The third kappa shape index (κ3) is 1.47. The first-order chi connectivity index (χ1) is 6.95. The molecule has 0 spiro atoms. The van der Waals surface area contributed by atoms with Crippen LogP contribution in [-0.2, 0) is 0 Å². The maximum atomic E-state index is 2.31. The van der Waals surface area contributed by atoms with E-state index in [-0.39, 0.29) is 0 Å². The van der Waals surface area contributed by atoms with Gasteiger partial charge in [-0.2, -0.15) is 0 Å². The quantitative estimate of drug-likeness (QED) is 0.655. The van der Waals surface area contributed by atoms with Gasteiger partial charge in [0.2, 0.25) is 0 Å². The van der Waals surface area contributed by atoms with Crippen LogP contribution >= 0.6 is 0 Å². The third-order valence-electron chi connectivity index (χ3n) is 4.07. The molecule has 0 aliphatic heterocycles. The lowest BCUT2D eigenvalue weighted by Crippen LogP contribution is -1.97. The van der Waals surface area contributed by atoms with Crippen molar-refractivity contribution in [1.29, 1.82) is 0 Å². The molecule has 2 atom stereocenters. The number of hydrogen-bond donors (Lipinski definition) is 0. The summed E-state index contributed by atoms with van der Waals surface area (Å²) in [6.07, 6.45) is 7.46. The molecule has 0 bridgehead atoms. The second-order valence-electron chi connectivity index (χ2n) is 4.96. The average Bonchev–Trinajstić information content (AvgIpc) is 2.87. The average molecular weight is 186 g/mol. The Hall–Kier alpha value is -0.780. The van der Waals surface area contributed by atoms with Crippen LogP contribution in [0.3, 0.4) is 0 Å². The van der Waals surface area contributed by atoms with Gasteiger partial charge in [-0.05, 0) is 29.7 Å². The van der Waals surface area contributed by atoms with E-state index in [1.54, 1.807) is 5.56 Å². The van der Waals surface area contributed by atoms with Gasteiger partial charge >= 0.3 is 0 Å².